The monoisotopic (exact) mass is 289 g/mol. The molecular weight excluding hydrogens is 266 g/mol. The molecule has 2 amide bonds. The summed E-state index contributed by atoms with van der Waals surface area (Å²) in [5, 5.41) is 2.93. The smallest absolute Gasteiger partial charge is 0.234 e. The summed E-state index contributed by atoms with van der Waals surface area (Å²) in [5.74, 6) is 0.101. The van der Waals surface area contributed by atoms with E-state index in [1.807, 2.05) is 42.1 Å². The van der Waals surface area contributed by atoms with Crippen LogP contribution in [0.1, 0.15) is 12.0 Å². The Hall–Kier alpha value is -1.88. The van der Waals surface area contributed by atoms with Crippen LogP contribution < -0.4 is 5.32 Å². The van der Waals surface area contributed by atoms with Crippen molar-refractivity contribution in [1.82, 2.24) is 15.1 Å². The lowest BCUT2D eigenvalue weighted by Crippen LogP contribution is -2.41. The average Bonchev–Trinajstić information content (AvgIpc) is 2.76. The Kier molecular flexibility index (Phi) is 5.33. The first kappa shape index (κ1) is 15.5. The minimum absolute atomic E-state index is 0.0253. The van der Waals surface area contributed by atoms with Crippen molar-refractivity contribution in [2.45, 2.75) is 18.9 Å². The Labute approximate surface area is 125 Å². The van der Waals surface area contributed by atoms with Gasteiger partial charge in [-0.05, 0) is 26.1 Å². The zero-order valence-electron chi connectivity index (χ0n) is 12.7. The average molecular weight is 289 g/mol. The summed E-state index contributed by atoms with van der Waals surface area (Å²) in [6.45, 7) is 1.68. The molecule has 0 aromatic heterocycles. The molecule has 1 N–H and O–H groups in total. The summed E-state index contributed by atoms with van der Waals surface area (Å²) in [6, 6.07) is 10.1. The number of benzene rings is 1. The molecular formula is C16H23N3O2. The highest BCUT2D eigenvalue weighted by Gasteiger charge is 2.30. The Morgan fingerprint density at radius 3 is 2.71 bits per heavy atom. The van der Waals surface area contributed by atoms with Crippen LogP contribution in [0, 0.1) is 0 Å². The molecule has 5 heteroatoms. The number of amides is 2. The SMILES string of the molecule is CN(C)CC(=O)N[C@@H]1CC(=O)N(CCc2ccccc2)C1. The van der Waals surface area contributed by atoms with Crippen LogP contribution in [-0.4, -0.2) is 61.4 Å². The number of carbonyl (C=O) groups excluding carboxylic acids is 2. The van der Waals surface area contributed by atoms with Crippen LogP contribution in [0.15, 0.2) is 30.3 Å². The molecule has 1 atom stereocenters. The molecule has 0 aliphatic carbocycles. The van der Waals surface area contributed by atoms with Gasteiger partial charge in [0.1, 0.15) is 0 Å². The predicted molar refractivity (Wildman–Crippen MR) is 81.8 cm³/mol. The van der Waals surface area contributed by atoms with E-state index in [1.54, 1.807) is 0 Å². The largest absolute Gasteiger partial charge is 0.350 e. The number of rotatable bonds is 6. The van der Waals surface area contributed by atoms with Gasteiger partial charge in [-0.3, -0.25) is 9.59 Å². The standard InChI is InChI=1S/C16H23N3O2/c1-18(2)12-15(20)17-14-10-16(21)19(11-14)9-8-13-6-4-3-5-7-13/h3-7,14H,8-12H2,1-2H3,(H,17,20)/t14-/m1/s1. The van der Waals surface area contributed by atoms with E-state index in [0.29, 0.717) is 26.1 Å². The zero-order chi connectivity index (χ0) is 15.2. The summed E-state index contributed by atoms with van der Waals surface area (Å²) in [7, 11) is 3.71. The second-order valence-corrected chi connectivity index (χ2v) is 5.78. The van der Waals surface area contributed by atoms with E-state index in [0.717, 1.165) is 6.42 Å². The summed E-state index contributed by atoms with van der Waals surface area (Å²) in [4.78, 5) is 27.4. The van der Waals surface area contributed by atoms with Crippen LogP contribution in [0.4, 0.5) is 0 Å². The molecule has 1 saturated heterocycles. The number of nitrogens with zero attached hydrogens (tertiary/aromatic N) is 2. The van der Waals surface area contributed by atoms with Gasteiger partial charge in [0, 0.05) is 19.5 Å². The molecule has 0 spiro atoms. The highest BCUT2D eigenvalue weighted by atomic mass is 16.2. The third-order valence-corrected chi connectivity index (χ3v) is 3.55. The van der Waals surface area contributed by atoms with Crippen molar-refractivity contribution in [3.05, 3.63) is 35.9 Å². The normalized spacial score (nSPS) is 18.3. The third kappa shape index (κ3) is 4.86. The lowest BCUT2D eigenvalue weighted by atomic mass is 10.1. The lowest BCUT2D eigenvalue weighted by molar-refractivity contribution is -0.127. The fraction of sp³-hybridized carbons (Fsp3) is 0.500. The summed E-state index contributed by atoms with van der Waals surface area (Å²) < 4.78 is 0. The van der Waals surface area contributed by atoms with E-state index in [1.165, 1.54) is 5.56 Å². The van der Waals surface area contributed by atoms with Crippen LogP contribution in [0.3, 0.4) is 0 Å². The second-order valence-electron chi connectivity index (χ2n) is 5.78. The van der Waals surface area contributed by atoms with Gasteiger partial charge in [-0.15, -0.1) is 0 Å². The van der Waals surface area contributed by atoms with Crippen LogP contribution in [0.5, 0.6) is 0 Å². The summed E-state index contributed by atoms with van der Waals surface area (Å²) in [6.07, 6.45) is 1.26. The Morgan fingerprint density at radius 1 is 1.33 bits per heavy atom. The predicted octanol–water partition coefficient (Wildman–Crippen LogP) is 0.508. The Bertz CT molecular complexity index is 488. The molecule has 114 valence electrons. The second kappa shape index (κ2) is 7.22. The number of carbonyl (C=O) groups is 2. The minimum atomic E-state index is -0.0549. The molecule has 1 fully saturated rings. The molecule has 1 heterocycles. The fourth-order valence-electron chi connectivity index (χ4n) is 2.55. The van der Waals surface area contributed by atoms with E-state index in [2.05, 4.69) is 17.4 Å². The van der Waals surface area contributed by atoms with E-state index < -0.39 is 0 Å². The molecule has 0 saturated carbocycles. The molecule has 1 aliphatic heterocycles. The van der Waals surface area contributed by atoms with E-state index >= 15 is 0 Å². The quantitative estimate of drug-likeness (QED) is 0.830. The topological polar surface area (TPSA) is 52.7 Å². The van der Waals surface area contributed by atoms with Gasteiger partial charge in [0.05, 0.1) is 12.6 Å². The molecule has 1 aliphatic rings. The number of likely N-dealkylation sites (N-methyl/N-ethyl adjacent to an activating group) is 1. The Morgan fingerprint density at radius 2 is 2.05 bits per heavy atom. The van der Waals surface area contributed by atoms with Crippen molar-refractivity contribution in [1.29, 1.82) is 0 Å². The van der Waals surface area contributed by atoms with Crippen molar-refractivity contribution in [2.75, 3.05) is 33.7 Å². The zero-order valence-corrected chi connectivity index (χ0v) is 12.7. The van der Waals surface area contributed by atoms with Crippen LogP contribution in [0.25, 0.3) is 0 Å². The van der Waals surface area contributed by atoms with Crippen LogP contribution in [0.2, 0.25) is 0 Å². The molecule has 2 rings (SSSR count). The lowest BCUT2D eigenvalue weighted by Gasteiger charge is -2.18. The number of nitrogens with one attached hydrogen (secondary N) is 1. The molecule has 1 aromatic carbocycles. The summed E-state index contributed by atoms with van der Waals surface area (Å²) >= 11 is 0. The van der Waals surface area contributed by atoms with Crippen molar-refractivity contribution in [3.63, 3.8) is 0 Å². The first-order chi connectivity index (χ1) is 10.0. The number of likely N-dealkylation sites (tertiary alicyclic amines) is 1. The van der Waals surface area contributed by atoms with Gasteiger partial charge in [0.15, 0.2) is 0 Å². The number of hydrogen-bond donors (Lipinski definition) is 1. The van der Waals surface area contributed by atoms with Gasteiger partial charge < -0.3 is 15.1 Å². The van der Waals surface area contributed by atoms with Gasteiger partial charge in [0.25, 0.3) is 0 Å². The Balaban J connectivity index is 1.78. The first-order valence-corrected chi connectivity index (χ1v) is 7.30. The molecule has 5 nitrogen and oxygen atoms in total. The fourth-order valence-corrected chi connectivity index (χ4v) is 2.55. The number of hydrogen-bond acceptors (Lipinski definition) is 3. The van der Waals surface area contributed by atoms with Gasteiger partial charge in [-0.25, -0.2) is 0 Å². The first-order valence-electron chi connectivity index (χ1n) is 7.30. The molecule has 21 heavy (non-hydrogen) atoms. The van der Waals surface area contributed by atoms with Crippen LogP contribution >= 0.6 is 0 Å². The molecule has 0 bridgehead atoms. The van der Waals surface area contributed by atoms with Crippen LogP contribution in [-0.2, 0) is 16.0 Å². The molecule has 0 radical (unpaired) electrons. The van der Waals surface area contributed by atoms with Crippen molar-refractivity contribution in [2.24, 2.45) is 0 Å². The van der Waals surface area contributed by atoms with Crippen molar-refractivity contribution < 1.29 is 9.59 Å². The highest BCUT2D eigenvalue weighted by Crippen LogP contribution is 2.12. The maximum absolute atomic E-state index is 12.0. The third-order valence-electron chi connectivity index (χ3n) is 3.55. The van der Waals surface area contributed by atoms with Crippen molar-refractivity contribution >= 4 is 11.8 Å². The van der Waals surface area contributed by atoms with E-state index in [-0.39, 0.29) is 17.9 Å². The van der Waals surface area contributed by atoms with Crippen molar-refractivity contribution in [3.8, 4) is 0 Å². The summed E-state index contributed by atoms with van der Waals surface area (Å²) in [5.41, 5.74) is 1.23. The van der Waals surface area contributed by atoms with E-state index in [9.17, 15) is 9.59 Å². The molecule has 1 aromatic rings. The van der Waals surface area contributed by atoms with Gasteiger partial charge in [0.2, 0.25) is 11.8 Å². The van der Waals surface area contributed by atoms with Gasteiger partial charge in [-0.1, -0.05) is 30.3 Å². The highest BCUT2D eigenvalue weighted by molar-refractivity contribution is 5.83. The van der Waals surface area contributed by atoms with E-state index in [4.69, 9.17) is 0 Å². The molecule has 0 unspecified atom stereocenters. The maximum atomic E-state index is 12.0. The van der Waals surface area contributed by atoms with Gasteiger partial charge in [-0.2, -0.15) is 0 Å². The minimum Gasteiger partial charge on any atom is -0.350 e. The van der Waals surface area contributed by atoms with Gasteiger partial charge >= 0.3 is 0 Å². The maximum Gasteiger partial charge on any atom is 0.234 e.